The van der Waals surface area contributed by atoms with E-state index in [0.29, 0.717) is 6.04 Å². The summed E-state index contributed by atoms with van der Waals surface area (Å²) in [5, 5.41) is 8.85. The highest BCUT2D eigenvalue weighted by Gasteiger charge is 2.24. The van der Waals surface area contributed by atoms with Crippen LogP contribution in [0.3, 0.4) is 0 Å². The van der Waals surface area contributed by atoms with Crippen LogP contribution in [0.15, 0.2) is 0 Å². The van der Waals surface area contributed by atoms with E-state index in [0.717, 1.165) is 18.9 Å². The van der Waals surface area contributed by atoms with Crippen molar-refractivity contribution >= 4 is 5.97 Å². The summed E-state index contributed by atoms with van der Waals surface area (Å²) in [7, 11) is 0. The molecule has 15 heavy (non-hydrogen) atoms. The van der Waals surface area contributed by atoms with Gasteiger partial charge in [-0.2, -0.15) is 0 Å². The van der Waals surface area contributed by atoms with Gasteiger partial charge in [0, 0.05) is 6.04 Å². The number of nitrogens with zero attached hydrogens (tertiary/aromatic N) is 1. The van der Waals surface area contributed by atoms with Gasteiger partial charge in [-0.25, -0.2) is 0 Å². The Morgan fingerprint density at radius 2 is 1.93 bits per heavy atom. The molecule has 0 heterocycles. The molecule has 0 amide bonds. The minimum atomic E-state index is -0.693. The molecule has 3 nitrogen and oxygen atoms in total. The maximum Gasteiger partial charge on any atom is 0.317 e. The van der Waals surface area contributed by atoms with Crippen LogP contribution in [-0.2, 0) is 4.79 Å². The molecule has 0 saturated heterocycles. The van der Waals surface area contributed by atoms with Crippen LogP contribution in [-0.4, -0.2) is 35.1 Å². The third-order valence-electron chi connectivity index (χ3n) is 3.35. The fourth-order valence-corrected chi connectivity index (χ4v) is 2.46. The van der Waals surface area contributed by atoms with Gasteiger partial charge in [-0.3, -0.25) is 9.69 Å². The molecule has 0 aromatic heterocycles. The van der Waals surface area contributed by atoms with Gasteiger partial charge in [-0.1, -0.05) is 13.8 Å². The van der Waals surface area contributed by atoms with Crippen LogP contribution in [0.4, 0.5) is 0 Å². The lowest BCUT2D eigenvalue weighted by Gasteiger charge is -2.35. The Hall–Kier alpha value is -0.570. The van der Waals surface area contributed by atoms with Crippen LogP contribution >= 0.6 is 0 Å². The molecule has 1 saturated carbocycles. The quantitative estimate of drug-likeness (QED) is 0.762. The average Bonchev–Trinajstić information content (AvgIpc) is 2.17. The van der Waals surface area contributed by atoms with Gasteiger partial charge >= 0.3 is 5.97 Å². The molecule has 0 aromatic rings. The molecule has 3 heteroatoms. The Balaban J connectivity index is 2.44. The first kappa shape index (κ1) is 12.5. The molecule has 0 bridgehead atoms. The number of carboxylic acids is 1. The maximum absolute atomic E-state index is 10.7. The van der Waals surface area contributed by atoms with E-state index < -0.39 is 5.97 Å². The number of carbonyl (C=O) groups is 1. The molecule has 0 aliphatic heterocycles. The smallest absolute Gasteiger partial charge is 0.317 e. The van der Waals surface area contributed by atoms with Crippen LogP contribution in [0, 0.1) is 5.92 Å². The summed E-state index contributed by atoms with van der Waals surface area (Å²) in [5.74, 6) is 0.136. The predicted octanol–water partition coefficient (Wildman–Crippen LogP) is 2.36. The van der Waals surface area contributed by atoms with Gasteiger partial charge in [-0.05, 0) is 44.6 Å². The standard InChI is InChI=1S/C12H23NO2/c1-3-8-13(9-12(14)15)11-6-4-10(2)5-7-11/h10-11H,3-9H2,1-2H3,(H,14,15). The molecule has 0 spiro atoms. The Kier molecular flexibility index (Phi) is 5.09. The highest BCUT2D eigenvalue weighted by Crippen LogP contribution is 2.27. The summed E-state index contributed by atoms with van der Waals surface area (Å²) in [4.78, 5) is 12.9. The maximum atomic E-state index is 10.7. The van der Waals surface area contributed by atoms with E-state index in [1.165, 1.54) is 25.7 Å². The number of carboxylic acid groups (broad SMARTS) is 1. The Morgan fingerprint density at radius 3 is 2.40 bits per heavy atom. The van der Waals surface area contributed by atoms with Gasteiger partial charge in [0.15, 0.2) is 0 Å². The summed E-state index contributed by atoms with van der Waals surface area (Å²) in [6.45, 7) is 5.54. The zero-order chi connectivity index (χ0) is 11.3. The third-order valence-corrected chi connectivity index (χ3v) is 3.35. The summed E-state index contributed by atoms with van der Waals surface area (Å²) in [6.07, 6.45) is 5.90. The van der Waals surface area contributed by atoms with Gasteiger partial charge in [0.2, 0.25) is 0 Å². The molecule has 1 N–H and O–H groups in total. The number of rotatable bonds is 5. The first-order valence-electron chi connectivity index (χ1n) is 6.09. The summed E-state index contributed by atoms with van der Waals surface area (Å²) in [5.41, 5.74) is 0. The fourth-order valence-electron chi connectivity index (χ4n) is 2.46. The zero-order valence-corrected chi connectivity index (χ0v) is 9.91. The molecule has 1 aliphatic carbocycles. The van der Waals surface area contributed by atoms with Crippen molar-refractivity contribution in [3.63, 3.8) is 0 Å². The second-order valence-electron chi connectivity index (χ2n) is 4.78. The molecule has 1 fully saturated rings. The molecule has 0 atom stereocenters. The monoisotopic (exact) mass is 213 g/mol. The summed E-state index contributed by atoms with van der Waals surface area (Å²) < 4.78 is 0. The zero-order valence-electron chi connectivity index (χ0n) is 9.91. The van der Waals surface area contributed by atoms with E-state index in [1.54, 1.807) is 0 Å². The predicted molar refractivity (Wildman–Crippen MR) is 60.9 cm³/mol. The van der Waals surface area contributed by atoms with Gasteiger partial charge in [0.1, 0.15) is 0 Å². The van der Waals surface area contributed by atoms with Gasteiger partial charge < -0.3 is 5.11 Å². The lowest BCUT2D eigenvalue weighted by Crippen LogP contribution is -2.41. The van der Waals surface area contributed by atoms with E-state index in [4.69, 9.17) is 5.11 Å². The van der Waals surface area contributed by atoms with E-state index in [2.05, 4.69) is 18.7 Å². The number of aliphatic carboxylic acids is 1. The van der Waals surface area contributed by atoms with Crippen molar-refractivity contribution in [1.82, 2.24) is 4.90 Å². The van der Waals surface area contributed by atoms with Gasteiger partial charge in [0.05, 0.1) is 6.54 Å². The SMILES string of the molecule is CCCN(CC(=O)O)C1CCC(C)CC1. The summed E-state index contributed by atoms with van der Waals surface area (Å²) >= 11 is 0. The minimum absolute atomic E-state index is 0.215. The van der Waals surface area contributed by atoms with Crippen molar-refractivity contribution in [2.75, 3.05) is 13.1 Å². The van der Waals surface area contributed by atoms with Crippen LogP contribution in [0.1, 0.15) is 46.0 Å². The molecule has 0 radical (unpaired) electrons. The van der Waals surface area contributed by atoms with Crippen LogP contribution < -0.4 is 0 Å². The van der Waals surface area contributed by atoms with E-state index in [9.17, 15) is 4.79 Å². The Bertz CT molecular complexity index is 198. The highest BCUT2D eigenvalue weighted by atomic mass is 16.4. The fraction of sp³-hybridized carbons (Fsp3) is 0.917. The largest absolute Gasteiger partial charge is 0.480 e. The van der Waals surface area contributed by atoms with Crippen LogP contribution in [0.2, 0.25) is 0 Å². The van der Waals surface area contributed by atoms with Crippen molar-refractivity contribution in [3.05, 3.63) is 0 Å². The van der Waals surface area contributed by atoms with Gasteiger partial charge in [0.25, 0.3) is 0 Å². The molecular weight excluding hydrogens is 190 g/mol. The Labute approximate surface area is 92.5 Å². The van der Waals surface area contributed by atoms with Crippen molar-refractivity contribution < 1.29 is 9.90 Å². The highest BCUT2D eigenvalue weighted by molar-refractivity contribution is 5.69. The van der Waals surface area contributed by atoms with E-state index in [1.807, 2.05) is 0 Å². The minimum Gasteiger partial charge on any atom is -0.480 e. The number of hydrogen-bond acceptors (Lipinski definition) is 2. The van der Waals surface area contributed by atoms with E-state index >= 15 is 0 Å². The molecule has 0 aromatic carbocycles. The first-order valence-corrected chi connectivity index (χ1v) is 6.09. The molecule has 1 aliphatic rings. The molecule has 88 valence electrons. The van der Waals surface area contributed by atoms with Crippen LogP contribution in [0.5, 0.6) is 0 Å². The Morgan fingerprint density at radius 1 is 1.33 bits per heavy atom. The lowest BCUT2D eigenvalue weighted by molar-refractivity contribution is -0.139. The molecule has 1 rings (SSSR count). The second kappa shape index (κ2) is 6.11. The van der Waals surface area contributed by atoms with Crippen molar-refractivity contribution in [1.29, 1.82) is 0 Å². The average molecular weight is 213 g/mol. The third kappa shape index (κ3) is 4.20. The second-order valence-corrected chi connectivity index (χ2v) is 4.78. The summed E-state index contributed by atoms with van der Waals surface area (Å²) in [6, 6.07) is 0.511. The van der Waals surface area contributed by atoms with E-state index in [-0.39, 0.29) is 6.54 Å². The van der Waals surface area contributed by atoms with Crippen molar-refractivity contribution in [2.24, 2.45) is 5.92 Å². The molecular formula is C12H23NO2. The first-order chi connectivity index (χ1) is 7.13. The lowest BCUT2D eigenvalue weighted by atomic mass is 9.86. The molecule has 0 unspecified atom stereocenters. The normalized spacial score (nSPS) is 26.9. The number of hydrogen-bond donors (Lipinski definition) is 1. The van der Waals surface area contributed by atoms with Crippen molar-refractivity contribution in [3.8, 4) is 0 Å². The van der Waals surface area contributed by atoms with Crippen molar-refractivity contribution in [2.45, 2.75) is 52.0 Å². The van der Waals surface area contributed by atoms with Crippen LogP contribution in [0.25, 0.3) is 0 Å². The topological polar surface area (TPSA) is 40.5 Å². The van der Waals surface area contributed by atoms with Gasteiger partial charge in [-0.15, -0.1) is 0 Å².